The maximum absolute atomic E-state index is 13.4. The molecule has 2 rings (SSSR count). The molecule has 1 saturated heterocycles. The molecule has 11 heteroatoms. The summed E-state index contributed by atoms with van der Waals surface area (Å²) in [5.74, 6) is -1.59. The number of aliphatic carboxylic acids is 1. The van der Waals surface area contributed by atoms with Gasteiger partial charge in [0.2, 0.25) is 17.7 Å². The quantitative estimate of drug-likeness (QED) is 0.257. The number of amides is 3. The number of likely N-dealkylation sites (tertiary alicyclic amines) is 1. The third-order valence-corrected chi connectivity index (χ3v) is 6.76. The number of phenolic OH excluding ortho intramolecular Hbond substituents is 1. The zero-order chi connectivity index (χ0) is 26.8. The lowest BCUT2D eigenvalue weighted by Crippen LogP contribution is -2.57. The number of nitrogens with one attached hydrogen (secondary N) is 2. The van der Waals surface area contributed by atoms with Gasteiger partial charge in [-0.05, 0) is 61.3 Å². The van der Waals surface area contributed by atoms with E-state index in [-0.39, 0.29) is 24.0 Å². The van der Waals surface area contributed by atoms with E-state index in [1.165, 1.54) is 17.0 Å². The van der Waals surface area contributed by atoms with E-state index >= 15 is 0 Å². The minimum Gasteiger partial charge on any atom is -0.508 e. The first-order chi connectivity index (χ1) is 17.0. The first-order valence-electron chi connectivity index (χ1n) is 12.2. The van der Waals surface area contributed by atoms with Gasteiger partial charge < -0.3 is 31.5 Å². The number of rotatable bonds is 13. The van der Waals surface area contributed by atoms with Crippen molar-refractivity contribution in [2.24, 2.45) is 11.7 Å². The van der Waals surface area contributed by atoms with Crippen LogP contribution in [0.1, 0.15) is 45.1 Å². The van der Waals surface area contributed by atoms with E-state index < -0.39 is 42.0 Å². The highest BCUT2D eigenvalue weighted by molar-refractivity contribution is 7.98. The molecule has 1 aliphatic heterocycles. The molecule has 0 aromatic heterocycles. The van der Waals surface area contributed by atoms with Gasteiger partial charge >= 0.3 is 5.97 Å². The summed E-state index contributed by atoms with van der Waals surface area (Å²) in [4.78, 5) is 52.4. The molecular formula is C25H38N4O6S. The van der Waals surface area contributed by atoms with E-state index in [1.807, 2.05) is 20.1 Å². The van der Waals surface area contributed by atoms with Crippen LogP contribution < -0.4 is 16.4 Å². The number of carbonyl (C=O) groups excluding carboxylic acids is 3. The molecule has 3 amide bonds. The number of phenols is 1. The van der Waals surface area contributed by atoms with Crippen molar-refractivity contribution in [3.8, 4) is 5.75 Å². The molecule has 1 aliphatic rings. The van der Waals surface area contributed by atoms with Crippen LogP contribution in [0.2, 0.25) is 0 Å². The van der Waals surface area contributed by atoms with Crippen molar-refractivity contribution in [3.63, 3.8) is 0 Å². The van der Waals surface area contributed by atoms with Gasteiger partial charge in [0.05, 0.1) is 6.04 Å². The minimum absolute atomic E-state index is 0.0299. The van der Waals surface area contributed by atoms with Gasteiger partial charge in [-0.25, -0.2) is 4.79 Å². The van der Waals surface area contributed by atoms with E-state index in [4.69, 9.17) is 5.73 Å². The Kier molecular flexibility index (Phi) is 11.5. The van der Waals surface area contributed by atoms with Gasteiger partial charge in [0.1, 0.15) is 23.9 Å². The number of carboxylic acid groups (broad SMARTS) is 1. The smallest absolute Gasteiger partial charge is 0.326 e. The van der Waals surface area contributed by atoms with Gasteiger partial charge in [0.15, 0.2) is 0 Å². The van der Waals surface area contributed by atoms with Crippen LogP contribution in [-0.4, -0.2) is 81.5 Å². The number of thioether (sulfide) groups is 1. The first-order valence-corrected chi connectivity index (χ1v) is 13.6. The summed E-state index contributed by atoms with van der Waals surface area (Å²) in [7, 11) is 0. The molecule has 6 N–H and O–H groups in total. The number of carboxylic acids is 1. The number of carbonyl (C=O) groups is 4. The summed E-state index contributed by atoms with van der Waals surface area (Å²) in [6.07, 6.45) is 3.81. The van der Waals surface area contributed by atoms with E-state index in [0.717, 1.165) is 0 Å². The molecule has 0 radical (unpaired) electrons. The second-order valence-electron chi connectivity index (χ2n) is 9.54. The Morgan fingerprint density at radius 2 is 1.81 bits per heavy atom. The van der Waals surface area contributed by atoms with E-state index in [1.54, 1.807) is 23.9 Å². The van der Waals surface area contributed by atoms with Crippen LogP contribution in [0.5, 0.6) is 5.75 Å². The molecule has 36 heavy (non-hydrogen) atoms. The highest BCUT2D eigenvalue weighted by Gasteiger charge is 2.39. The summed E-state index contributed by atoms with van der Waals surface area (Å²) in [6, 6.07) is 2.51. The van der Waals surface area contributed by atoms with Crippen LogP contribution in [-0.2, 0) is 25.6 Å². The third kappa shape index (κ3) is 8.70. The number of aromatic hydroxyl groups is 1. The summed E-state index contributed by atoms with van der Waals surface area (Å²) in [5.41, 5.74) is 6.64. The first kappa shape index (κ1) is 29.4. The normalized spacial score (nSPS) is 17.9. The van der Waals surface area contributed by atoms with Crippen LogP contribution in [0.3, 0.4) is 0 Å². The van der Waals surface area contributed by atoms with Crippen molar-refractivity contribution in [1.82, 2.24) is 15.5 Å². The largest absolute Gasteiger partial charge is 0.508 e. The Morgan fingerprint density at radius 1 is 1.14 bits per heavy atom. The highest BCUT2D eigenvalue weighted by Crippen LogP contribution is 2.21. The van der Waals surface area contributed by atoms with Crippen molar-refractivity contribution in [3.05, 3.63) is 29.8 Å². The van der Waals surface area contributed by atoms with Crippen molar-refractivity contribution in [1.29, 1.82) is 0 Å². The van der Waals surface area contributed by atoms with E-state index in [2.05, 4.69) is 10.6 Å². The zero-order valence-corrected chi connectivity index (χ0v) is 21.9. The minimum atomic E-state index is -1.20. The average molecular weight is 523 g/mol. The summed E-state index contributed by atoms with van der Waals surface area (Å²) in [5, 5.41) is 24.4. The van der Waals surface area contributed by atoms with Crippen LogP contribution in [0.15, 0.2) is 24.3 Å². The number of benzene rings is 1. The fourth-order valence-corrected chi connectivity index (χ4v) is 4.70. The molecule has 200 valence electrons. The Morgan fingerprint density at radius 3 is 2.39 bits per heavy atom. The summed E-state index contributed by atoms with van der Waals surface area (Å²) in [6.45, 7) is 4.27. The van der Waals surface area contributed by atoms with Gasteiger partial charge in [0, 0.05) is 13.0 Å². The van der Waals surface area contributed by atoms with Gasteiger partial charge in [-0.2, -0.15) is 11.8 Å². The molecule has 1 aromatic carbocycles. The molecule has 0 bridgehead atoms. The van der Waals surface area contributed by atoms with Gasteiger partial charge in [-0.3, -0.25) is 14.4 Å². The van der Waals surface area contributed by atoms with Crippen LogP contribution in [0.4, 0.5) is 0 Å². The lowest BCUT2D eigenvalue weighted by molar-refractivity contribution is -0.145. The molecule has 10 nitrogen and oxygen atoms in total. The topological polar surface area (TPSA) is 162 Å². The van der Waals surface area contributed by atoms with Crippen molar-refractivity contribution in [2.45, 2.75) is 70.1 Å². The maximum Gasteiger partial charge on any atom is 0.326 e. The molecule has 1 fully saturated rings. The zero-order valence-electron chi connectivity index (χ0n) is 21.1. The van der Waals surface area contributed by atoms with Gasteiger partial charge in [-0.1, -0.05) is 26.0 Å². The van der Waals surface area contributed by atoms with Crippen molar-refractivity contribution >= 4 is 35.5 Å². The fraction of sp³-hybridized carbons (Fsp3) is 0.600. The second-order valence-corrected chi connectivity index (χ2v) is 10.5. The molecule has 0 aliphatic carbocycles. The molecular weight excluding hydrogens is 484 g/mol. The molecule has 0 spiro atoms. The number of hydrogen-bond acceptors (Lipinski definition) is 7. The van der Waals surface area contributed by atoms with Crippen LogP contribution in [0, 0.1) is 5.92 Å². The van der Waals surface area contributed by atoms with Gasteiger partial charge in [-0.15, -0.1) is 0 Å². The third-order valence-electron chi connectivity index (χ3n) is 6.12. The average Bonchev–Trinajstić information content (AvgIpc) is 3.31. The summed E-state index contributed by atoms with van der Waals surface area (Å²) < 4.78 is 0. The standard InChI is InChI=1S/C25H38N4O6S/c1-15(2)13-18(26)22(31)27-19(10-12-36-3)24(33)29-11-4-5-21(29)23(32)28-20(25(34)35)14-16-6-8-17(30)9-7-16/h6-9,15,18-21,30H,4-5,10-14,26H2,1-3H3,(H,27,31)(H,28,32)(H,34,35). The van der Waals surface area contributed by atoms with E-state index in [0.29, 0.717) is 43.5 Å². The monoisotopic (exact) mass is 522 g/mol. The molecule has 1 aromatic rings. The molecule has 4 atom stereocenters. The molecule has 1 heterocycles. The maximum atomic E-state index is 13.4. The Bertz CT molecular complexity index is 910. The lowest BCUT2D eigenvalue weighted by atomic mass is 10.0. The highest BCUT2D eigenvalue weighted by atomic mass is 32.2. The Labute approximate surface area is 216 Å². The van der Waals surface area contributed by atoms with Crippen molar-refractivity contribution < 1.29 is 29.4 Å². The molecule has 4 unspecified atom stereocenters. The number of hydrogen-bond donors (Lipinski definition) is 5. The summed E-state index contributed by atoms with van der Waals surface area (Å²) >= 11 is 1.54. The predicted octanol–water partition coefficient (Wildman–Crippen LogP) is 1.11. The number of nitrogens with two attached hydrogens (primary N) is 1. The Hall–Kier alpha value is -2.79. The van der Waals surface area contributed by atoms with Gasteiger partial charge in [0.25, 0.3) is 0 Å². The Balaban J connectivity index is 2.10. The van der Waals surface area contributed by atoms with Crippen molar-refractivity contribution in [2.75, 3.05) is 18.6 Å². The number of nitrogens with zero attached hydrogens (tertiary/aromatic N) is 1. The van der Waals surface area contributed by atoms with E-state index in [9.17, 15) is 29.4 Å². The predicted molar refractivity (Wildman–Crippen MR) is 138 cm³/mol. The van der Waals surface area contributed by atoms with Crippen LogP contribution >= 0.6 is 11.8 Å². The SMILES string of the molecule is CSCCC(NC(=O)C(N)CC(C)C)C(=O)N1CCCC1C(=O)NC(Cc1ccc(O)cc1)C(=O)O. The molecule has 0 saturated carbocycles. The fourth-order valence-electron chi connectivity index (χ4n) is 4.23. The lowest BCUT2D eigenvalue weighted by Gasteiger charge is -2.30. The second kappa shape index (κ2) is 14.1. The van der Waals surface area contributed by atoms with Crippen LogP contribution in [0.25, 0.3) is 0 Å².